The molecule has 0 fully saturated rings. The van der Waals surface area contributed by atoms with Crippen molar-refractivity contribution in [1.82, 2.24) is 0 Å². The molecular formula is C16H15BrO4. The number of rotatable bonds is 5. The van der Waals surface area contributed by atoms with E-state index in [9.17, 15) is 9.90 Å². The highest BCUT2D eigenvalue weighted by molar-refractivity contribution is 9.10. The predicted molar refractivity (Wildman–Crippen MR) is 81.9 cm³/mol. The first-order valence-electron chi connectivity index (χ1n) is 6.34. The lowest BCUT2D eigenvalue weighted by atomic mass is 10.1. The summed E-state index contributed by atoms with van der Waals surface area (Å²) in [6, 6.07) is 14.8. The van der Waals surface area contributed by atoms with Crippen molar-refractivity contribution in [2.24, 2.45) is 0 Å². The summed E-state index contributed by atoms with van der Waals surface area (Å²) in [6.45, 7) is 0.351. The highest BCUT2D eigenvalue weighted by Crippen LogP contribution is 2.30. The molecule has 2 aromatic carbocycles. The zero-order chi connectivity index (χ0) is 15.2. The molecule has 2 aromatic rings. The van der Waals surface area contributed by atoms with Gasteiger partial charge in [0.2, 0.25) is 0 Å². The number of halogens is 1. The van der Waals surface area contributed by atoms with Gasteiger partial charge in [-0.2, -0.15) is 0 Å². The third kappa shape index (κ3) is 4.06. The van der Waals surface area contributed by atoms with Crippen LogP contribution < -0.4 is 4.74 Å². The summed E-state index contributed by atoms with van der Waals surface area (Å²) in [4.78, 5) is 11.5. The maximum Gasteiger partial charge on any atom is 0.339 e. The maximum atomic E-state index is 11.5. The van der Waals surface area contributed by atoms with Crippen LogP contribution in [0.3, 0.4) is 0 Å². The van der Waals surface area contributed by atoms with Gasteiger partial charge in [0.15, 0.2) is 6.10 Å². The van der Waals surface area contributed by atoms with E-state index in [0.717, 1.165) is 10.0 Å². The molecule has 2 rings (SSSR count). The van der Waals surface area contributed by atoms with Gasteiger partial charge in [-0.25, -0.2) is 4.79 Å². The zero-order valence-corrected chi connectivity index (χ0v) is 13.0. The quantitative estimate of drug-likeness (QED) is 0.841. The third-order valence-corrected chi connectivity index (χ3v) is 3.42. The number of carbonyl (C=O) groups excluding carboxylic acids is 1. The number of esters is 1. The van der Waals surface area contributed by atoms with E-state index < -0.39 is 12.1 Å². The molecule has 4 nitrogen and oxygen atoms in total. The SMILES string of the molecule is COC(=O)[C@@H](O)c1cc(Br)ccc1OCc1ccccc1. The molecule has 0 aliphatic rings. The monoisotopic (exact) mass is 350 g/mol. The Morgan fingerprint density at radius 3 is 2.62 bits per heavy atom. The molecule has 0 bridgehead atoms. The fraction of sp³-hybridized carbons (Fsp3) is 0.188. The number of hydrogen-bond donors (Lipinski definition) is 1. The van der Waals surface area contributed by atoms with E-state index >= 15 is 0 Å². The van der Waals surface area contributed by atoms with E-state index in [1.54, 1.807) is 18.2 Å². The molecule has 0 amide bonds. The Morgan fingerprint density at radius 2 is 1.95 bits per heavy atom. The number of ether oxygens (including phenoxy) is 2. The van der Waals surface area contributed by atoms with Crippen molar-refractivity contribution in [3.63, 3.8) is 0 Å². The minimum absolute atomic E-state index is 0.351. The van der Waals surface area contributed by atoms with Crippen LogP contribution in [0.15, 0.2) is 53.0 Å². The van der Waals surface area contributed by atoms with Gasteiger partial charge in [0.05, 0.1) is 7.11 Å². The highest BCUT2D eigenvalue weighted by atomic mass is 79.9. The van der Waals surface area contributed by atoms with Gasteiger partial charge in [-0.15, -0.1) is 0 Å². The Balaban J connectivity index is 2.21. The average Bonchev–Trinajstić information content (AvgIpc) is 2.53. The summed E-state index contributed by atoms with van der Waals surface area (Å²) in [5, 5.41) is 10.0. The summed E-state index contributed by atoms with van der Waals surface area (Å²) in [7, 11) is 1.23. The molecule has 110 valence electrons. The van der Waals surface area contributed by atoms with E-state index in [0.29, 0.717) is 17.9 Å². The Bertz CT molecular complexity index is 613. The van der Waals surface area contributed by atoms with Crippen molar-refractivity contribution in [2.45, 2.75) is 12.7 Å². The number of aliphatic hydroxyl groups excluding tert-OH is 1. The van der Waals surface area contributed by atoms with Crippen LogP contribution in [-0.4, -0.2) is 18.2 Å². The van der Waals surface area contributed by atoms with Crippen molar-refractivity contribution >= 4 is 21.9 Å². The topological polar surface area (TPSA) is 55.8 Å². The molecule has 5 heteroatoms. The van der Waals surface area contributed by atoms with E-state index in [-0.39, 0.29) is 0 Å². The predicted octanol–water partition coefficient (Wildman–Crippen LogP) is 3.23. The second-order valence-corrected chi connectivity index (χ2v) is 5.30. The molecule has 0 unspecified atom stereocenters. The van der Waals surface area contributed by atoms with Crippen LogP contribution in [0.25, 0.3) is 0 Å². The Hall–Kier alpha value is -1.85. The summed E-state index contributed by atoms with van der Waals surface area (Å²) >= 11 is 3.31. The van der Waals surface area contributed by atoms with Crippen LogP contribution in [0.1, 0.15) is 17.2 Å². The van der Waals surface area contributed by atoms with Crippen LogP contribution in [0.2, 0.25) is 0 Å². The van der Waals surface area contributed by atoms with Gasteiger partial charge in [-0.05, 0) is 23.8 Å². The number of hydrogen-bond acceptors (Lipinski definition) is 4. The maximum absolute atomic E-state index is 11.5. The van der Waals surface area contributed by atoms with Gasteiger partial charge in [0, 0.05) is 10.0 Å². The van der Waals surface area contributed by atoms with E-state index in [2.05, 4.69) is 20.7 Å². The van der Waals surface area contributed by atoms with Crippen LogP contribution in [-0.2, 0) is 16.1 Å². The first kappa shape index (κ1) is 15.5. The summed E-state index contributed by atoms with van der Waals surface area (Å²) in [6.07, 6.45) is -1.38. The van der Waals surface area contributed by atoms with Gasteiger partial charge >= 0.3 is 5.97 Å². The smallest absolute Gasteiger partial charge is 0.339 e. The molecule has 1 N–H and O–H groups in total. The average molecular weight is 351 g/mol. The van der Waals surface area contributed by atoms with Crippen LogP contribution >= 0.6 is 15.9 Å². The van der Waals surface area contributed by atoms with Gasteiger partial charge < -0.3 is 14.6 Å². The molecular weight excluding hydrogens is 336 g/mol. The minimum Gasteiger partial charge on any atom is -0.489 e. The number of carbonyl (C=O) groups is 1. The summed E-state index contributed by atoms with van der Waals surface area (Å²) < 4.78 is 11.0. The summed E-state index contributed by atoms with van der Waals surface area (Å²) in [5.41, 5.74) is 1.37. The second-order valence-electron chi connectivity index (χ2n) is 4.38. The lowest BCUT2D eigenvalue weighted by molar-refractivity contribution is -0.150. The number of methoxy groups -OCH3 is 1. The Kier molecular flexibility index (Phi) is 5.36. The van der Waals surface area contributed by atoms with Gasteiger partial charge in [0.1, 0.15) is 12.4 Å². The third-order valence-electron chi connectivity index (χ3n) is 2.93. The van der Waals surface area contributed by atoms with Gasteiger partial charge in [-0.1, -0.05) is 46.3 Å². The second kappa shape index (κ2) is 7.24. The molecule has 0 aromatic heterocycles. The van der Waals surface area contributed by atoms with Crippen molar-refractivity contribution in [3.05, 3.63) is 64.1 Å². The Morgan fingerprint density at radius 1 is 1.24 bits per heavy atom. The molecule has 1 atom stereocenters. The number of aliphatic hydroxyl groups is 1. The first-order chi connectivity index (χ1) is 10.1. The Labute approximate surface area is 131 Å². The minimum atomic E-state index is -1.38. The number of benzene rings is 2. The zero-order valence-electron chi connectivity index (χ0n) is 11.5. The molecule has 0 saturated carbocycles. The van der Waals surface area contributed by atoms with E-state index in [1.807, 2.05) is 30.3 Å². The molecule has 0 radical (unpaired) electrons. The molecule has 0 heterocycles. The van der Waals surface area contributed by atoms with Crippen molar-refractivity contribution in [3.8, 4) is 5.75 Å². The van der Waals surface area contributed by atoms with Crippen molar-refractivity contribution < 1.29 is 19.4 Å². The van der Waals surface area contributed by atoms with Crippen LogP contribution in [0, 0.1) is 0 Å². The van der Waals surface area contributed by atoms with E-state index in [1.165, 1.54) is 7.11 Å². The summed E-state index contributed by atoms with van der Waals surface area (Å²) in [5.74, 6) is -0.280. The van der Waals surface area contributed by atoms with Crippen molar-refractivity contribution in [1.29, 1.82) is 0 Å². The highest BCUT2D eigenvalue weighted by Gasteiger charge is 2.22. The normalized spacial score (nSPS) is 11.8. The standard InChI is InChI=1S/C16H15BrO4/c1-20-16(19)15(18)13-9-12(17)7-8-14(13)21-10-11-5-3-2-4-6-11/h2-9,15,18H,10H2,1H3/t15-/m0/s1. The largest absolute Gasteiger partial charge is 0.489 e. The first-order valence-corrected chi connectivity index (χ1v) is 7.13. The molecule has 0 saturated heterocycles. The lowest BCUT2D eigenvalue weighted by Crippen LogP contribution is -2.14. The van der Waals surface area contributed by atoms with Gasteiger partial charge in [-0.3, -0.25) is 0 Å². The van der Waals surface area contributed by atoms with Gasteiger partial charge in [0.25, 0.3) is 0 Å². The molecule has 0 spiro atoms. The van der Waals surface area contributed by atoms with E-state index in [4.69, 9.17) is 4.74 Å². The van der Waals surface area contributed by atoms with Crippen molar-refractivity contribution in [2.75, 3.05) is 7.11 Å². The van der Waals surface area contributed by atoms with Crippen LogP contribution in [0.4, 0.5) is 0 Å². The van der Waals surface area contributed by atoms with Crippen LogP contribution in [0.5, 0.6) is 5.75 Å². The molecule has 21 heavy (non-hydrogen) atoms. The fourth-order valence-corrected chi connectivity index (χ4v) is 2.22. The fourth-order valence-electron chi connectivity index (χ4n) is 1.84. The lowest BCUT2D eigenvalue weighted by Gasteiger charge is -2.15. The molecule has 0 aliphatic carbocycles. The molecule has 0 aliphatic heterocycles.